The molecule has 0 unspecified atom stereocenters. The fourth-order valence-corrected chi connectivity index (χ4v) is 4.40. The summed E-state index contributed by atoms with van der Waals surface area (Å²) in [4.78, 5) is 13.1. The van der Waals surface area contributed by atoms with Gasteiger partial charge in [-0.2, -0.15) is 10.2 Å². The number of azo groups is 1. The number of benzene rings is 3. The molecular weight excluding hydrogens is 416 g/mol. The zero-order valence-corrected chi connectivity index (χ0v) is 18.2. The molecule has 0 radical (unpaired) electrons. The molecule has 2 aliphatic rings. The van der Waals surface area contributed by atoms with Crippen LogP contribution < -0.4 is 9.47 Å². The summed E-state index contributed by atoms with van der Waals surface area (Å²) in [5, 5.41) is 19.9. The van der Waals surface area contributed by atoms with Gasteiger partial charge in [-0.15, -0.1) is 0 Å². The molecule has 0 amide bonds. The lowest BCUT2D eigenvalue weighted by Gasteiger charge is -2.26. The van der Waals surface area contributed by atoms with Gasteiger partial charge in [0.15, 0.2) is 5.78 Å². The Labute approximate surface area is 191 Å². The van der Waals surface area contributed by atoms with Crippen molar-refractivity contribution in [2.45, 2.75) is 12.0 Å². The summed E-state index contributed by atoms with van der Waals surface area (Å²) in [6.45, 7) is 0. The van der Waals surface area contributed by atoms with Gasteiger partial charge in [-0.05, 0) is 23.8 Å². The van der Waals surface area contributed by atoms with E-state index >= 15 is 0 Å². The SMILES string of the molecule is COc1ccc([C@H]2N=NC(C3=C(O)c4ccccc4C3=O)=C[C@@H]2c2ccccc2)c(OC)c1. The number of hydrogen-bond acceptors (Lipinski definition) is 6. The fourth-order valence-electron chi connectivity index (χ4n) is 4.40. The number of carbonyl (C=O) groups is 1. The third-order valence-electron chi connectivity index (χ3n) is 6.06. The second-order valence-electron chi connectivity index (χ2n) is 7.85. The lowest BCUT2D eigenvalue weighted by molar-refractivity contribution is 0.103. The number of allylic oxidation sites excluding steroid dienone is 1. The maximum atomic E-state index is 13.1. The van der Waals surface area contributed by atoms with E-state index in [4.69, 9.17) is 9.47 Å². The van der Waals surface area contributed by atoms with Crippen LogP contribution >= 0.6 is 0 Å². The molecule has 0 saturated heterocycles. The zero-order valence-electron chi connectivity index (χ0n) is 18.2. The highest BCUT2D eigenvalue weighted by Crippen LogP contribution is 2.46. The topological polar surface area (TPSA) is 80.5 Å². The van der Waals surface area contributed by atoms with Crippen LogP contribution in [0.4, 0.5) is 0 Å². The lowest BCUT2D eigenvalue weighted by Crippen LogP contribution is -2.14. The summed E-state index contributed by atoms with van der Waals surface area (Å²) in [7, 11) is 3.21. The van der Waals surface area contributed by atoms with Crippen molar-refractivity contribution in [1.29, 1.82) is 0 Å². The number of nitrogens with zero attached hydrogens (tertiary/aromatic N) is 2. The van der Waals surface area contributed by atoms with Gasteiger partial charge in [0.25, 0.3) is 0 Å². The molecule has 5 rings (SSSR count). The molecule has 0 spiro atoms. The summed E-state index contributed by atoms with van der Waals surface area (Å²) in [6.07, 6.45) is 1.91. The van der Waals surface area contributed by atoms with E-state index in [2.05, 4.69) is 10.2 Å². The van der Waals surface area contributed by atoms with Crippen molar-refractivity contribution in [3.8, 4) is 11.5 Å². The predicted molar refractivity (Wildman–Crippen MR) is 125 cm³/mol. The van der Waals surface area contributed by atoms with Gasteiger partial charge in [0.1, 0.15) is 23.3 Å². The maximum Gasteiger partial charge on any atom is 0.199 e. The highest BCUT2D eigenvalue weighted by Gasteiger charge is 2.36. The minimum atomic E-state index is -0.376. The molecule has 0 bridgehead atoms. The van der Waals surface area contributed by atoms with Crippen LogP contribution in [0.25, 0.3) is 5.76 Å². The van der Waals surface area contributed by atoms with Crippen molar-refractivity contribution in [2.75, 3.05) is 14.2 Å². The molecule has 2 atom stereocenters. The number of carbonyl (C=O) groups excluding carboxylic acids is 1. The number of Topliss-reactive ketones (excluding diaryl/α,β-unsaturated/α-hetero) is 1. The number of methoxy groups -OCH3 is 2. The maximum absolute atomic E-state index is 13.1. The molecule has 1 heterocycles. The van der Waals surface area contributed by atoms with Crippen LogP contribution in [0.3, 0.4) is 0 Å². The minimum absolute atomic E-state index is 0.0620. The summed E-state index contributed by atoms with van der Waals surface area (Å²) in [6, 6.07) is 22.1. The Bertz CT molecular complexity index is 1320. The first-order chi connectivity index (χ1) is 16.1. The van der Waals surface area contributed by atoms with Gasteiger partial charge in [-0.25, -0.2) is 0 Å². The first kappa shape index (κ1) is 20.7. The molecule has 0 fully saturated rings. The Morgan fingerprint density at radius 2 is 1.61 bits per heavy atom. The summed E-state index contributed by atoms with van der Waals surface area (Å²) >= 11 is 0. The molecule has 1 N–H and O–H groups in total. The Morgan fingerprint density at radius 1 is 0.879 bits per heavy atom. The van der Waals surface area contributed by atoms with E-state index in [0.717, 1.165) is 11.1 Å². The number of aliphatic hydroxyl groups excluding tert-OH is 1. The van der Waals surface area contributed by atoms with Crippen LogP contribution in [0.5, 0.6) is 11.5 Å². The standard InChI is InChI=1S/C27H22N2O4/c1-32-17-12-13-20(23(14-17)33-2)25-21(16-8-4-3-5-9-16)15-22(28-29-25)24-26(30)18-10-6-7-11-19(18)27(24)31/h3-15,21,25,30H,1-2H3/t21-,25-/m1/s1. The highest BCUT2D eigenvalue weighted by molar-refractivity contribution is 6.22. The van der Waals surface area contributed by atoms with Gasteiger partial charge in [-0.3, -0.25) is 4.79 Å². The predicted octanol–water partition coefficient (Wildman–Crippen LogP) is 6.04. The first-order valence-electron chi connectivity index (χ1n) is 10.6. The van der Waals surface area contributed by atoms with Gasteiger partial charge >= 0.3 is 0 Å². The summed E-state index contributed by atoms with van der Waals surface area (Å²) in [5.41, 5.74) is 3.40. The van der Waals surface area contributed by atoms with E-state index in [1.54, 1.807) is 38.5 Å². The van der Waals surface area contributed by atoms with Crippen LogP contribution in [0.2, 0.25) is 0 Å². The lowest BCUT2D eigenvalue weighted by atomic mass is 9.84. The molecule has 0 saturated carbocycles. The average molecular weight is 438 g/mol. The van der Waals surface area contributed by atoms with Crippen LogP contribution in [0.15, 0.2) is 100 Å². The monoisotopic (exact) mass is 438 g/mol. The van der Waals surface area contributed by atoms with E-state index in [0.29, 0.717) is 28.3 Å². The van der Waals surface area contributed by atoms with E-state index in [1.165, 1.54) is 0 Å². The van der Waals surface area contributed by atoms with Crippen molar-refractivity contribution in [3.05, 3.63) is 112 Å². The Hall–Kier alpha value is -4.19. The molecule has 3 aromatic rings. The third kappa shape index (κ3) is 3.49. The number of hydrogen-bond donors (Lipinski definition) is 1. The molecular formula is C27H22N2O4. The molecule has 0 aromatic heterocycles. The van der Waals surface area contributed by atoms with Crippen molar-refractivity contribution < 1.29 is 19.4 Å². The van der Waals surface area contributed by atoms with Crippen LogP contribution in [-0.4, -0.2) is 25.1 Å². The second kappa shape index (κ2) is 8.39. The highest BCUT2D eigenvalue weighted by atomic mass is 16.5. The molecule has 164 valence electrons. The fraction of sp³-hybridized carbons (Fsp3) is 0.148. The molecule has 6 heteroatoms. The van der Waals surface area contributed by atoms with Crippen LogP contribution in [0, 0.1) is 0 Å². The van der Waals surface area contributed by atoms with Gasteiger partial charge in [0.05, 0.1) is 25.5 Å². The molecule has 3 aromatic carbocycles. The normalized spacial score (nSPS) is 19.3. The summed E-state index contributed by atoms with van der Waals surface area (Å²) in [5.74, 6) is 0.786. The van der Waals surface area contributed by atoms with Crippen LogP contribution in [0.1, 0.15) is 39.0 Å². The number of rotatable bonds is 5. The molecule has 6 nitrogen and oxygen atoms in total. The molecule has 1 aliphatic heterocycles. The van der Waals surface area contributed by atoms with E-state index in [-0.39, 0.29) is 29.1 Å². The van der Waals surface area contributed by atoms with E-state index in [1.807, 2.05) is 54.6 Å². The van der Waals surface area contributed by atoms with Crippen molar-refractivity contribution in [3.63, 3.8) is 0 Å². The van der Waals surface area contributed by atoms with Crippen molar-refractivity contribution in [1.82, 2.24) is 0 Å². The first-order valence-corrected chi connectivity index (χ1v) is 10.6. The number of aliphatic hydroxyl groups is 1. The van der Waals surface area contributed by atoms with Gasteiger partial charge < -0.3 is 14.6 Å². The van der Waals surface area contributed by atoms with Gasteiger partial charge in [-0.1, -0.05) is 54.6 Å². The Balaban J connectivity index is 1.62. The second-order valence-corrected chi connectivity index (χ2v) is 7.85. The Kier molecular flexibility index (Phi) is 5.26. The smallest absolute Gasteiger partial charge is 0.199 e. The summed E-state index contributed by atoms with van der Waals surface area (Å²) < 4.78 is 11.0. The number of fused-ring (bicyclic) bond motifs is 1. The number of ether oxygens (including phenoxy) is 2. The quantitative estimate of drug-likeness (QED) is 0.526. The Morgan fingerprint density at radius 3 is 2.30 bits per heavy atom. The van der Waals surface area contributed by atoms with Crippen molar-refractivity contribution in [2.24, 2.45) is 10.2 Å². The third-order valence-corrected chi connectivity index (χ3v) is 6.06. The van der Waals surface area contributed by atoms with E-state index < -0.39 is 0 Å². The molecule has 33 heavy (non-hydrogen) atoms. The number of ketones is 1. The van der Waals surface area contributed by atoms with Gasteiger partial charge in [0, 0.05) is 28.7 Å². The van der Waals surface area contributed by atoms with Gasteiger partial charge in [0.2, 0.25) is 0 Å². The minimum Gasteiger partial charge on any atom is -0.506 e. The van der Waals surface area contributed by atoms with Crippen molar-refractivity contribution >= 4 is 11.5 Å². The molecule has 1 aliphatic carbocycles. The average Bonchev–Trinajstić information content (AvgIpc) is 3.13. The van der Waals surface area contributed by atoms with E-state index in [9.17, 15) is 9.90 Å². The largest absolute Gasteiger partial charge is 0.506 e. The van der Waals surface area contributed by atoms with Crippen LogP contribution in [-0.2, 0) is 0 Å². The zero-order chi connectivity index (χ0) is 22.9.